The fourth-order valence-corrected chi connectivity index (χ4v) is 2.68. The summed E-state index contributed by atoms with van der Waals surface area (Å²) < 4.78 is 0. The van der Waals surface area contributed by atoms with E-state index in [0.717, 1.165) is 31.6 Å². The first-order valence-electron chi connectivity index (χ1n) is 7.22. The molecule has 110 valence electrons. The Balaban J connectivity index is 2.34. The summed E-state index contributed by atoms with van der Waals surface area (Å²) in [5.41, 5.74) is 0. The average molecular weight is 271 g/mol. The van der Waals surface area contributed by atoms with Crippen molar-refractivity contribution in [3.63, 3.8) is 0 Å². The molecule has 1 fully saturated rings. The minimum absolute atomic E-state index is 0.0914. The van der Waals surface area contributed by atoms with Gasteiger partial charge in [0.1, 0.15) is 6.04 Å². The van der Waals surface area contributed by atoms with Gasteiger partial charge in [-0.3, -0.25) is 4.79 Å². The Labute approximate surface area is 114 Å². The molecule has 1 unspecified atom stereocenters. The largest absolute Gasteiger partial charge is 0.480 e. The molecule has 0 spiro atoms. The van der Waals surface area contributed by atoms with Crippen LogP contribution in [0.25, 0.3) is 0 Å². The van der Waals surface area contributed by atoms with Crippen LogP contribution in [-0.2, 0) is 9.59 Å². The fourth-order valence-electron chi connectivity index (χ4n) is 2.68. The van der Waals surface area contributed by atoms with Crippen LogP contribution in [0, 0.1) is 11.8 Å². The van der Waals surface area contributed by atoms with Gasteiger partial charge < -0.3 is 15.5 Å². The van der Waals surface area contributed by atoms with Gasteiger partial charge in [-0.1, -0.05) is 26.2 Å². The number of nitrogens with one attached hydrogen (secondary N) is 1. The lowest BCUT2D eigenvalue weighted by molar-refractivity contribution is -0.143. The lowest BCUT2D eigenvalue weighted by atomic mass is 9.79. The van der Waals surface area contributed by atoms with E-state index >= 15 is 0 Å². The molecule has 0 radical (unpaired) electrons. The van der Waals surface area contributed by atoms with Crippen molar-refractivity contribution in [1.29, 1.82) is 0 Å². The van der Waals surface area contributed by atoms with Crippen molar-refractivity contribution in [2.45, 2.75) is 57.9 Å². The second-order valence-corrected chi connectivity index (χ2v) is 5.44. The van der Waals surface area contributed by atoms with Gasteiger partial charge in [-0.15, -0.1) is 0 Å². The maximum absolute atomic E-state index is 11.9. The SMILES string of the molecule is CCCCC1CCC(C(=O)NC(CO)C(=O)O)CC1. The molecule has 0 aromatic heterocycles. The number of hydrogen-bond donors (Lipinski definition) is 3. The van der Waals surface area contributed by atoms with E-state index in [1.807, 2.05) is 0 Å². The molecular weight excluding hydrogens is 246 g/mol. The molecule has 0 aromatic carbocycles. The molecule has 1 aliphatic rings. The monoisotopic (exact) mass is 271 g/mol. The number of aliphatic carboxylic acids is 1. The Morgan fingerprint density at radius 3 is 2.37 bits per heavy atom. The lowest BCUT2D eigenvalue weighted by Crippen LogP contribution is -2.46. The van der Waals surface area contributed by atoms with Gasteiger partial charge in [0.25, 0.3) is 0 Å². The third-order valence-electron chi connectivity index (χ3n) is 3.98. The molecule has 1 saturated carbocycles. The summed E-state index contributed by atoms with van der Waals surface area (Å²) in [7, 11) is 0. The van der Waals surface area contributed by atoms with Crippen LogP contribution in [-0.4, -0.2) is 34.7 Å². The summed E-state index contributed by atoms with van der Waals surface area (Å²) in [6, 6.07) is -1.18. The minimum atomic E-state index is -1.19. The zero-order valence-electron chi connectivity index (χ0n) is 11.6. The quantitative estimate of drug-likeness (QED) is 0.655. The number of amides is 1. The van der Waals surface area contributed by atoms with Crippen LogP contribution in [0.2, 0.25) is 0 Å². The molecule has 1 rings (SSSR count). The molecule has 1 amide bonds. The standard InChI is InChI=1S/C14H25NO4/c1-2-3-4-10-5-7-11(8-6-10)13(17)15-12(9-16)14(18)19/h10-12,16H,2-9H2,1H3,(H,15,17)(H,18,19). The second-order valence-electron chi connectivity index (χ2n) is 5.44. The molecule has 1 aliphatic carbocycles. The van der Waals surface area contributed by atoms with E-state index in [-0.39, 0.29) is 11.8 Å². The normalized spacial score (nSPS) is 24.7. The van der Waals surface area contributed by atoms with Crippen LogP contribution < -0.4 is 5.32 Å². The van der Waals surface area contributed by atoms with Crippen molar-refractivity contribution in [3.05, 3.63) is 0 Å². The topological polar surface area (TPSA) is 86.6 Å². The number of carboxylic acids is 1. The highest BCUT2D eigenvalue weighted by Crippen LogP contribution is 2.31. The number of unbranched alkanes of at least 4 members (excludes halogenated alkanes) is 1. The summed E-state index contributed by atoms with van der Waals surface area (Å²) in [6.07, 6.45) is 7.45. The molecule has 0 bridgehead atoms. The van der Waals surface area contributed by atoms with E-state index in [1.54, 1.807) is 0 Å². The highest BCUT2D eigenvalue weighted by Gasteiger charge is 2.28. The van der Waals surface area contributed by atoms with Gasteiger partial charge in [-0.05, 0) is 31.6 Å². The fraction of sp³-hybridized carbons (Fsp3) is 0.857. The van der Waals surface area contributed by atoms with Gasteiger partial charge in [0.2, 0.25) is 5.91 Å². The summed E-state index contributed by atoms with van der Waals surface area (Å²) >= 11 is 0. The van der Waals surface area contributed by atoms with Crippen LogP contribution in [0.15, 0.2) is 0 Å². The molecule has 5 heteroatoms. The third-order valence-corrected chi connectivity index (χ3v) is 3.98. The van der Waals surface area contributed by atoms with E-state index in [1.165, 1.54) is 19.3 Å². The van der Waals surface area contributed by atoms with E-state index in [4.69, 9.17) is 10.2 Å². The lowest BCUT2D eigenvalue weighted by Gasteiger charge is -2.28. The van der Waals surface area contributed by atoms with E-state index in [2.05, 4.69) is 12.2 Å². The Hall–Kier alpha value is -1.10. The first kappa shape index (κ1) is 16.0. The second kappa shape index (κ2) is 8.15. The van der Waals surface area contributed by atoms with E-state index in [0.29, 0.717) is 0 Å². The van der Waals surface area contributed by atoms with Crippen molar-refractivity contribution in [3.8, 4) is 0 Å². The molecule has 0 aromatic rings. The summed E-state index contributed by atoms with van der Waals surface area (Å²) in [5, 5.41) is 20.1. The molecule has 0 aliphatic heterocycles. The van der Waals surface area contributed by atoms with Crippen molar-refractivity contribution in [2.24, 2.45) is 11.8 Å². The molecule has 5 nitrogen and oxygen atoms in total. The molecule has 19 heavy (non-hydrogen) atoms. The number of aliphatic hydroxyl groups excluding tert-OH is 1. The Kier molecular flexibility index (Phi) is 6.84. The Morgan fingerprint density at radius 2 is 1.89 bits per heavy atom. The van der Waals surface area contributed by atoms with Crippen molar-refractivity contribution in [1.82, 2.24) is 5.32 Å². The molecule has 1 atom stereocenters. The number of hydrogen-bond acceptors (Lipinski definition) is 3. The van der Waals surface area contributed by atoms with Crippen molar-refractivity contribution >= 4 is 11.9 Å². The van der Waals surface area contributed by atoms with Crippen LogP contribution >= 0.6 is 0 Å². The van der Waals surface area contributed by atoms with E-state index in [9.17, 15) is 9.59 Å². The van der Waals surface area contributed by atoms with Crippen molar-refractivity contribution < 1.29 is 19.8 Å². The minimum Gasteiger partial charge on any atom is -0.480 e. The average Bonchev–Trinajstić information content (AvgIpc) is 2.42. The van der Waals surface area contributed by atoms with Crippen LogP contribution in [0.5, 0.6) is 0 Å². The van der Waals surface area contributed by atoms with Crippen molar-refractivity contribution in [2.75, 3.05) is 6.61 Å². The highest BCUT2D eigenvalue weighted by atomic mass is 16.4. The molecule has 0 heterocycles. The van der Waals surface area contributed by atoms with Gasteiger partial charge in [0, 0.05) is 5.92 Å². The number of rotatable bonds is 7. The first-order chi connectivity index (χ1) is 9.08. The first-order valence-corrected chi connectivity index (χ1v) is 7.22. The zero-order valence-corrected chi connectivity index (χ0v) is 11.6. The van der Waals surface area contributed by atoms with Gasteiger partial charge in [0.15, 0.2) is 0 Å². The summed E-state index contributed by atoms with van der Waals surface area (Å²) in [4.78, 5) is 22.7. The predicted octanol–water partition coefficient (Wildman–Crippen LogP) is 1.54. The Morgan fingerprint density at radius 1 is 1.26 bits per heavy atom. The Bertz CT molecular complexity index is 298. The van der Waals surface area contributed by atoms with Crippen LogP contribution in [0.3, 0.4) is 0 Å². The zero-order chi connectivity index (χ0) is 14.3. The van der Waals surface area contributed by atoms with E-state index < -0.39 is 18.6 Å². The number of aliphatic hydroxyl groups is 1. The molecular formula is C14H25NO4. The summed E-state index contributed by atoms with van der Waals surface area (Å²) in [5.74, 6) is -0.786. The van der Waals surface area contributed by atoms with Crippen LogP contribution in [0.4, 0.5) is 0 Å². The smallest absolute Gasteiger partial charge is 0.328 e. The molecule has 3 N–H and O–H groups in total. The highest BCUT2D eigenvalue weighted by molar-refractivity contribution is 5.85. The van der Waals surface area contributed by atoms with Gasteiger partial charge in [-0.25, -0.2) is 4.79 Å². The number of carbonyl (C=O) groups is 2. The predicted molar refractivity (Wildman–Crippen MR) is 71.6 cm³/mol. The number of carbonyl (C=O) groups excluding carboxylic acids is 1. The maximum Gasteiger partial charge on any atom is 0.328 e. The van der Waals surface area contributed by atoms with Gasteiger partial charge >= 0.3 is 5.97 Å². The van der Waals surface area contributed by atoms with Gasteiger partial charge in [0.05, 0.1) is 6.61 Å². The van der Waals surface area contributed by atoms with Gasteiger partial charge in [-0.2, -0.15) is 0 Å². The third kappa shape index (κ3) is 5.19. The summed E-state index contributed by atoms with van der Waals surface area (Å²) in [6.45, 7) is 1.62. The molecule has 0 saturated heterocycles. The number of carboxylic acid groups (broad SMARTS) is 1. The van der Waals surface area contributed by atoms with Crippen LogP contribution in [0.1, 0.15) is 51.9 Å². The maximum atomic E-state index is 11.9.